The zero-order valence-electron chi connectivity index (χ0n) is 30.8. The van der Waals surface area contributed by atoms with Gasteiger partial charge in [0.2, 0.25) is 21.8 Å². The van der Waals surface area contributed by atoms with Gasteiger partial charge in [-0.15, -0.1) is 0 Å². The lowest BCUT2D eigenvalue weighted by Gasteiger charge is -2.34. The van der Waals surface area contributed by atoms with E-state index in [-0.39, 0.29) is 12.8 Å². The molecule has 0 radical (unpaired) electrons. The number of alkyl carbamates (subject to hydrolysis) is 1. The molecule has 0 aliphatic heterocycles. The first-order chi connectivity index (χ1) is 23.8. The molecule has 0 bridgehead atoms. The Kier molecular flexibility index (Phi) is 14.3. The number of ether oxygens (including phenoxy) is 1. The SMILES string of the molecule is COC(=O)N[C@H](C(=O)N[C@@H](Cc1ccc(-c2ccccn2)cc1)C[C@H](O)[C@H](Cc1ccccc1)NC(=O)[C@@H](NS(C)(=O)=O)C(C)(C)C)C(C)(C)C. The van der Waals surface area contributed by atoms with Crippen LogP contribution in [0, 0.1) is 10.8 Å². The van der Waals surface area contributed by atoms with Crippen LogP contribution in [0.25, 0.3) is 11.3 Å². The molecule has 3 amide bonds. The highest BCUT2D eigenvalue weighted by atomic mass is 32.2. The number of nitrogens with one attached hydrogen (secondary N) is 4. The van der Waals surface area contributed by atoms with Gasteiger partial charge in [0.1, 0.15) is 12.1 Å². The lowest BCUT2D eigenvalue weighted by atomic mass is 9.85. The topological polar surface area (TPSA) is 176 Å². The maximum absolute atomic E-state index is 13.8. The molecule has 3 rings (SSSR count). The molecule has 3 aromatic rings. The molecule has 0 aliphatic rings. The van der Waals surface area contributed by atoms with Crippen LogP contribution in [0.2, 0.25) is 0 Å². The van der Waals surface area contributed by atoms with Gasteiger partial charge in [0.25, 0.3) is 0 Å². The van der Waals surface area contributed by atoms with Crippen molar-refractivity contribution >= 4 is 27.9 Å². The van der Waals surface area contributed by atoms with Crippen LogP contribution in [0.1, 0.15) is 59.1 Å². The number of sulfonamides is 1. The van der Waals surface area contributed by atoms with Crippen LogP contribution in [-0.4, -0.2) is 80.1 Å². The van der Waals surface area contributed by atoms with Crippen LogP contribution < -0.4 is 20.7 Å². The van der Waals surface area contributed by atoms with E-state index in [1.165, 1.54) is 7.11 Å². The molecule has 0 fully saturated rings. The van der Waals surface area contributed by atoms with E-state index in [0.717, 1.165) is 28.6 Å². The number of aliphatic hydroxyl groups excluding tert-OH is 1. The van der Waals surface area contributed by atoms with Gasteiger partial charge in [0.05, 0.1) is 31.2 Å². The lowest BCUT2D eigenvalue weighted by molar-refractivity contribution is -0.128. The zero-order chi connectivity index (χ0) is 38.0. The summed E-state index contributed by atoms with van der Waals surface area (Å²) in [5.74, 6) is -1.06. The van der Waals surface area contributed by atoms with Crippen molar-refractivity contribution in [3.8, 4) is 11.3 Å². The second kappa shape index (κ2) is 17.7. The molecule has 2 aromatic carbocycles. The van der Waals surface area contributed by atoms with E-state index in [2.05, 4.69) is 25.7 Å². The minimum Gasteiger partial charge on any atom is -0.453 e. The average Bonchev–Trinajstić information content (AvgIpc) is 3.05. The summed E-state index contributed by atoms with van der Waals surface area (Å²) in [5, 5.41) is 20.5. The van der Waals surface area contributed by atoms with Crippen LogP contribution in [0.5, 0.6) is 0 Å². The second-order valence-electron chi connectivity index (χ2n) is 15.1. The highest BCUT2D eigenvalue weighted by Gasteiger charge is 2.38. The normalized spacial score (nSPS) is 15.1. The van der Waals surface area contributed by atoms with Crippen LogP contribution in [0.15, 0.2) is 79.0 Å². The highest BCUT2D eigenvalue weighted by Crippen LogP contribution is 2.24. The first-order valence-corrected chi connectivity index (χ1v) is 18.8. The molecule has 12 nitrogen and oxygen atoms in total. The smallest absolute Gasteiger partial charge is 0.407 e. The summed E-state index contributed by atoms with van der Waals surface area (Å²) in [5.41, 5.74) is 1.95. The first-order valence-electron chi connectivity index (χ1n) is 16.9. The Morgan fingerprint density at radius 2 is 1.33 bits per heavy atom. The quantitative estimate of drug-likeness (QED) is 0.156. The van der Waals surface area contributed by atoms with E-state index in [9.17, 15) is 27.9 Å². The van der Waals surface area contributed by atoms with Crippen molar-refractivity contribution in [1.29, 1.82) is 0 Å². The number of rotatable bonds is 15. The summed E-state index contributed by atoms with van der Waals surface area (Å²) in [6, 6.07) is 19.1. The molecule has 13 heteroatoms. The summed E-state index contributed by atoms with van der Waals surface area (Å²) < 4.78 is 31.7. The standard InChI is InChI=1S/C38H53N5O7S/c1-37(2,3)32(42-36(47)50-7)34(45)40-28(22-26-17-19-27(20-18-26)29-16-12-13-21-39-29)24-31(44)30(23-25-14-10-9-11-15-25)41-35(46)33(38(4,5)6)43-51(8,48)49/h9-21,28,30-33,43-44H,22-24H2,1-8H3,(H,40,45)(H,41,46)(H,42,47)/t28-,30-,31-,32+,33+/m0/s1. The predicted molar refractivity (Wildman–Crippen MR) is 198 cm³/mol. The van der Waals surface area contributed by atoms with E-state index in [4.69, 9.17) is 4.74 Å². The fraction of sp³-hybridized carbons (Fsp3) is 0.474. The molecule has 0 aliphatic carbocycles. The van der Waals surface area contributed by atoms with Crippen molar-refractivity contribution in [3.63, 3.8) is 0 Å². The molecule has 0 saturated carbocycles. The minimum absolute atomic E-state index is 0.0142. The van der Waals surface area contributed by atoms with Gasteiger partial charge in [-0.05, 0) is 53.4 Å². The van der Waals surface area contributed by atoms with Crippen molar-refractivity contribution in [2.45, 2.75) is 91.1 Å². The van der Waals surface area contributed by atoms with Crippen molar-refractivity contribution < 1.29 is 32.6 Å². The van der Waals surface area contributed by atoms with Gasteiger partial charge in [0.15, 0.2) is 0 Å². The third kappa shape index (κ3) is 13.4. The molecule has 278 valence electrons. The number of nitrogens with zero attached hydrogens (tertiary/aromatic N) is 1. The van der Waals surface area contributed by atoms with Crippen LogP contribution >= 0.6 is 0 Å². The largest absolute Gasteiger partial charge is 0.453 e. The van der Waals surface area contributed by atoms with E-state index < -0.39 is 69.0 Å². The molecular weight excluding hydrogens is 671 g/mol. The number of aromatic nitrogens is 1. The van der Waals surface area contributed by atoms with E-state index >= 15 is 0 Å². The van der Waals surface area contributed by atoms with Crippen molar-refractivity contribution in [1.82, 2.24) is 25.7 Å². The number of hydrogen-bond acceptors (Lipinski definition) is 8. The Bertz CT molecular complexity index is 1690. The molecule has 1 heterocycles. The van der Waals surface area contributed by atoms with Gasteiger partial charge in [-0.1, -0.05) is 102 Å². The third-order valence-corrected chi connectivity index (χ3v) is 9.06. The monoisotopic (exact) mass is 723 g/mol. The van der Waals surface area contributed by atoms with E-state index in [1.54, 1.807) is 27.0 Å². The van der Waals surface area contributed by atoms with E-state index in [0.29, 0.717) is 6.42 Å². The fourth-order valence-corrected chi connectivity index (χ4v) is 6.56. The molecule has 1 aromatic heterocycles. The highest BCUT2D eigenvalue weighted by molar-refractivity contribution is 7.88. The Balaban J connectivity index is 1.97. The number of carbonyl (C=O) groups excluding carboxylic acids is 3. The Morgan fingerprint density at radius 3 is 1.86 bits per heavy atom. The number of hydrogen-bond donors (Lipinski definition) is 5. The van der Waals surface area contributed by atoms with Crippen molar-refractivity contribution in [2.75, 3.05) is 13.4 Å². The number of methoxy groups -OCH3 is 1. The Labute approximate surface area is 302 Å². The zero-order valence-corrected chi connectivity index (χ0v) is 31.6. The third-order valence-electron chi connectivity index (χ3n) is 8.40. The van der Waals surface area contributed by atoms with Crippen LogP contribution in [-0.2, 0) is 37.2 Å². The van der Waals surface area contributed by atoms with Crippen molar-refractivity contribution in [2.24, 2.45) is 10.8 Å². The van der Waals surface area contributed by atoms with Gasteiger partial charge in [0, 0.05) is 17.8 Å². The molecule has 5 N–H and O–H groups in total. The molecule has 51 heavy (non-hydrogen) atoms. The summed E-state index contributed by atoms with van der Waals surface area (Å²) in [6.07, 6.45) is 1.33. The second-order valence-corrected chi connectivity index (χ2v) is 16.8. The van der Waals surface area contributed by atoms with Crippen LogP contribution in [0.4, 0.5) is 4.79 Å². The molecular formula is C38H53N5O7S. The van der Waals surface area contributed by atoms with Gasteiger partial charge >= 0.3 is 6.09 Å². The number of aliphatic hydroxyl groups is 1. The number of carbonyl (C=O) groups is 3. The minimum atomic E-state index is -3.75. The number of benzene rings is 2. The summed E-state index contributed by atoms with van der Waals surface area (Å²) >= 11 is 0. The average molecular weight is 724 g/mol. The predicted octanol–water partition coefficient (Wildman–Crippen LogP) is 3.99. The maximum Gasteiger partial charge on any atom is 0.407 e. The fourth-order valence-electron chi connectivity index (χ4n) is 5.67. The molecule has 0 saturated heterocycles. The number of pyridine rings is 1. The summed E-state index contributed by atoms with van der Waals surface area (Å²) in [4.78, 5) is 44.2. The number of amides is 3. The van der Waals surface area contributed by atoms with Gasteiger partial charge < -0.3 is 25.8 Å². The van der Waals surface area contributed by atoms with Gasteiger partial charge in [-0.25, -0.2) is 17.9 Å². The van der Waals surface area contributed by atoms with Gasteiger partial charge in [-0.2, -0.15) is 0 Å². The van der Waals surface area contributed by atoms with Crippen LogP contribution in [0.3, 0.4) is 0 Å². The summed E-state index contributed by atoms with van der Waals surface area (Å²) in [6.45, 7) is 10.7. The maximum atomic E-state index is 13.8. The molecule has 5 atom stereocenters. The summed E-state index contributed by atoms with van der Waals surface area (Å²) in [7, 11) is -2.53. The van der Waals surface area contributed by atoms with Crippen molar-refractivity contribution in [3.05, 3.63) is 90.1 Å². The van der Waals surface area contributed by atoms with E-state index in [1.807, 2.05) is 93.6 Å². The molecule has 0 spiro atoms. The molecule has 0 unspecified atom stereocenters. The first kappa shape index (κ1) is 41.1. The lowest BCUT2D eigenvalue weighted by Crippen LogP contribution is -2.58. The van der Waals surface area contributed by atoms with Gasteiger partial charge in [-0.3, -0.25) is 14.6 Å². The Morgan fingerprint density at radius 1 is 0.765 bits per heavy atom. The Hall–Kier alpha value is -4.33.